The molecule has 0 radical (unpaired) electrons. The van der Waals surface area contributed by atoms with Gasteiger partial charge in [0.25, 0.3) is 5.91 Å². The van der Waals surface area contributed by atoms with Crippen LogP contribution in [0.2, 0.25) is 0 Å². The molecule has 0 saturated carbocycles. The Kier molecular flexibility index (Phi) is 5.03. The lowest BCUT2D eigenvalue weighted by atomic mass is 10.1. The number of hydrogen-bond donors (Lipinski definition) is 2. The Balaban J connectivity index is 1.45. The molecule has 4 rings (SSSR count). The summed E-state index contributed by atoms with van der Waals surface area (Å²) in [4.78, 5) is 15.7. The lowest BCUT2D eigenvalue weighted by Crippen LogP contribution is -2.26. The first kappa shape index (κ1) is 17.9. The molecule has 140 valence electrons. The SMILES string of the molecule is O=C(NCCc1c[nH]c2ccc(F)cc12)c1cc2c(cc1Br)OCCCO2. The van der Waals surface area contributed by atoms with E-state index in [4.69, 9.17) is 9.47 Å². The van der Waals surface area contributed by atoms with Crippen LogP contribution in [0.25, 0.3) is 10.9 Å². The van der Waals surface area contributed by atoms with Gasteiger partial charge in [-0.1, -0.05) is 0 Å². The van der Waals surface area contributed by atoms with Crippen molar-refractivity contribution in [2.75, 3.05) is 19.8 Å². The number of aromatic nitrogens is 1. The van der Waals surface area contributed by atoms with Gasteiger partial charge in [0.1, 0.15) is 5.82 Å². The summed E-state index contributed by atoms with van der Waals surface area (Å²) in [6.45, 7) is 1.59. The van der Waals surface area contributed by atoms with Crippen molar-refractivity contribution in [2.24, 2.45) is 0 Å². The second-order valence-electron chi connectivity index (χ2n) is 6.34. The Morgan fingerprint density at radius 2 is 1.96 bits per heavy atom. The van der Waals surface area contributed by atoms with Crippen molar-refractivity contribution in [1.82, 2.24) is 10.3 Å². The average molecular weight is 433 g/mol. The molecule has 0 unspecified atom stereocenters. The van der Waals surface area contributed by atoms with Gasteiger partial charge in [-0.25, -0.2) is 4.39 Å². The summed E-state index contributed by atoms with van der Waals surface area (Å²) >= 11 is 3.43. The van der Waals surface area contributed by atoms with Crippen molar-refractivity contribution < 1.29 is 18.7 Å². The fourth-order valence-electron chi connectivity index (χ4n) is 3.12. The normalized spacial score (nSPS) is 13.4. The van der Waals surface area contributed by atoms with Gasteiger partial charge in [-0.2, -0.15) is 0 Å². The van der Waals surface area contributed by atoms with Gasteiger partial charge in [-0.05, 0) is 58.2 Å². The molecule has 2 heterocycles. The van der Waals surface area contributed by atoms with E-state index >= 15 is 0 Å². The molecule has 0 atom stereocenters. The maximum Gasteiger partial charge on any atom is 0.252 e. The number of aromatic amines is 1. The molecule has 0 bridgehead atoms. The van der Waals surface area contributed by atoms with Gasteiger partial charge in [-0.15, -0.1) is 0 Å². The van der Waals surface area contributed by atoms with Crippen LogP contribution in [0.4, 0.5) is 4.39 Å². The molecule has 27 heavy (non-hydrogen) atoms. The van der Waals surface area contributed by atoms with E-state index in [0.29, 0.717) is 47.7 Å². The predicted octanol–water partition coefficient (Wildman–Crippen LogP) is 4.20. The van der Waals surface area contributed by atoms with Crippen molar-refractivity contribution in [3.63, 3.8) is 0 Å². The quantitative estimate of drug-likeness (QED) is 0.649. The minimum atomic E-state index is -0.275. The van der Waals surface area contributed by atoms with E-state index in [1.807, 2.05) is 6.20 Å². The van der Waals surface area contributed by atoms with Crippen LogP contribution in [-0.2, 0) is 6.42 Å². The minimum Gasteiger partial charge on any atom is -0.490 e. The Morgan fingerprint density at radius 3 is 2.78 bits per heavy atom. The van der Waals surface area contributed by atoms with Crippen LogP contribution in [0.15, 0.2) is 41.0 Å². The third kappa shape index (κ3) is 3.78. The fraction of sp³-hybridized carbons (Fsp3) is 0.250. The van der Waals surface area contributed by atoms with Crippen LogP contribution in [0, 0.1) is 5.82 Å². The van der Waals surface area contributed by atoms with Crippen LogP contribution in [0.3, 0.4) is 0 Å². The Hall–Kier alpha value is -2.54. The standard InChI is InChI=1S/C20H18BrFN2O3/c21-16-10-19-18(26-6-1-7-27-19)9-15(16)20(25)23-5-4-12-11-24-17-3-2-13(22)8-14(12)17/h2-3,8-11,24H,1,4-7H2,(H,23,25). The van der Waals surface area contributed by atoms with E-state index in [9.17, 15) is 9.18 Å². The summed E-state index contributed by atoms with van der Waals surface area (Å²) in [6, 6.07) is 8.09. The molecule has 0 spiro atoms. The van der Waals surface area contributed by atoms with E-state index < -0.39 is 0 Å². The smallest absolute Gasteiger partial charge is 0.252 e. The highest BCUT2D eigenvalue weighted by Crippen LogP contribution is 2.35. The van der Waals surface area contributed by atoms with Gasteiger partial charge < -0.3 is 19.8 Å². The lowest BCUT2D eigenvalue weighted by molar-refractivity contribution is 0.0953. The van der Waals surface area contributed by atoms with Gasteiger partial charge >= 0.3 is 0 Å². The first-order chi connectivity index (χ1) is 13.1. The number of ether oxygens (including phenoxy) is 2. The molecule has 2 aromatic carbocycles. The summed E-state index contributed by atoms with van der Waals surface area (Å²) in [5.74, 6) is 0.733. The molecule has 3 aromatic rings. The van der Waals surface area contributed by atoms with E-state index in [0.717, 1.165) is 22.9 Å². The predicted molar refractivity (Wildman–Crippen MR) is 104 cm³/mol. The van der Waals surface area contributed by atoms with E-state index in [2.05, 4.69) is 26.2 Å². The first-order valence-corrected chi connectivity index (χ1v) is 9.54. The molecule has 7 heteroatoms. The van der Waals surface area contributed by atoms with Crippen molar-refractivity contribution in [1.29, 1.82) is 0 Å². The highest BCUT2D eigenvalue weighted by atomic mass is 79.9. The van der Waals surface area contributed by atoms with Crippen molar-refractivity contribution in [2.45, 2.75) is 12.8 Å². The molecule has 2 N–H and O–H groups in total. The van der Waals surface area contributed by atoms with Crippen LogP contribution in [0.5, 0.6) is 11.5 Å². The maximum absolute atomic E-state index is 13.5. The van der Waals surface area contributed by atoms with Crippen molar-refractivity contribution >= 4 is 32.7 Å². The minimum absolute atomic E-state index is 0.205. The van der Waals surface area contributed by atoms with Crippen molar-refractivity contribution in [3.8, 4) is 11.5 Å². The average Bonchev–Trinajstić information content (AvgIpc) is 2.90. The largest absolute Gasteiger partial charge is 0.490 e. The number of hydrogen-bond acceptors (Lipinski definition) is 3. The second kappa shape index (κ2) is 7.60. The molecule has 0 aliphatic carbocycles. The zero-order valence-corrected chi connectivity index (χ0v) is 16.1. The van der Waals surface area contributed by atoms with E-state index in [1.54, 1.807) is 18.2 Å². The second-order valence-corrected chi connectivity index (χ2v) is 7.19. The zero-order chi connectivity index (χ0) is 18.8. The van der Waals surface area contributed by atoms with E-state index in [-0.39, 0.29) is 11.7 Å². The number of fused-ring (bicyclic) bond motifs is 2. The van der Waals surface area contributed by atoms with Crippen LogP contribution in [0.1, 0.15) is 22.3 Å². The molecule has 1 aliphatic heterocycles. The highest BCUT2D eigenvalue weighted by molar-refractivity contribution is 9.10. The summed E-state index contributed by atoms with van der Waals surface area (Å²) in [5.41, 5.74) is 2.33. The molecule has 1 aliphatic rings. The number of carbonyl (C=O) groups excluding carboxylic acids is 1. The molecular formula is C20H18BrFN2O3. The fourth-order valence-corrected chi connectivity index (χ4v) is 3.62. The summed E-state index contributed by atoms with van der Waals surface area (Å²) < 4.78 is 25.4. The van der Waals surface area contributed by atoms with Gasteiger partial charge in [0.05, 0.1) is 18.8 Å². The number of H-pyrrole nitrogens is 1. The van der Waals surface area contributed by atoms with Gasteiger partial charge in [0.2, 0.25) is 0 Å². The number of amides is 1. The Bertz CT molecular complexity index is 1000. The number of nitrogens with one attached hydrogen (secondary N) is 2. The van der Waals surface area contributed by atoms with Crippen LogP contribution >= 0.6 is 15.9 Å². The third-order valence-corrected chi connectivity index (χ3v) is 5.15. The summed E-state index contributed by atoms with van der Waals surface area (Å²) in [7, 11) is 0. The number of rotatable bonds is 4. The monoisotopic (exact) mass is 432 g/mol. The Labute approximate surface area is 164 Å². The number of halogens is 2. The lowest BCUT2D eigenvalue weighted by Gasteiger charge is -2.12. The molecule has 0 saturated heterocycles. The molecule has 5 nitrogen and oxygen atoms in total. The number of benzene rings is 2. The summed E-state index contributed by atoms with van der Waals surface area (Å²) in [6.07, 6.45) is 3.25. The van der Waals surface area contributed by atoms with Crippen LogP contribution < -0.4 is 14.8 Å². The van der Waals surface area contributed by atoms with Gasteiger partial charge in [0.15, 0.2) is 11.5 Å². The first-order valence-electron chi connectivity index (χ1n) is 8.74. The van der Waals surface area contributed by atoms with E-state index in [1.165, 1.54) is 12.1 Å². The third-order valence-electron chi connectivity index (χ3n) is 4.49. The zero-order valence-electron chi connectivity index (χ0n) is 14.5. The van der Waals surface area contributed by atoms with Crippen LogP contribution in [-0.4, -0.2) is 30.6 Å². The highest BCUT2D eigenvalue weighted by Gasteiger charge is 2.18. The van der Waals surface area contributed by atoms with Gasteiger partial charge in [0, 0.05) is 34.5 Å². The Morgan fingerprint density at radius 1 is 1.19 bits per heavy atom. The topological polar surface area (TPSA) is 63.4 Å². The molecule has 1 amide bonds. The number of carbonyl (C=O) groups is 1. The van der Waals surface area contributed by atoms with Gasteiger partial charge in [-0.3, -0.25) is 4.79 Å². The maximum atomic E-state index is 13.5. The molecular weight excluding hydrogens is 415 g/mol. The summed E-state index contributed by atoms with van der Waals surface area (Å²) in [5, 5.41) is 3.74. The molecule has 1 aromatic heterocycles. The molecule has 0 fully saturated rings. The van der Waals surface area contributed by atoms with Crippen molar-refractivity contribution in [3.05, 3.63) is 57.9 Å².